The van der Waals surface area contributed by atoms with Crippen LogP contribution in [0.1, 0.15) is 30.5 Å². The van der Waals surface area contributed by atoms with Crippen LogP contribution >= 0.6 is 0 Å². The van der Waals surface area contributed by atoms with Crippen molar-refractivity contribution in [1.29, 1.82) is 0 Å². The summed E-state index contributed by atoms with van der Waals surface area (Å²) in [6, 6.07) is 7.57. The highest BCUT2D eigenvalue weighted by Gasteiger charge is 2.35. The van der Waals surface area contributed by atoms with Crippen molar-refractivity contribution in [1.82, 2.24) is 20.2 Å². The van der Waals surface area contributed by atoms with E-state index in [0.29, 0.717) is 17.9 Å². The maximum absolute atomic E-state index is 12.3. The fourth-order valence-corrected chi connectivity index (χ4v) is 2.62. The SMILES string of the molecule is CCC1=C(C(=O)OC)[C@@H](c2ccc(C)cc2)n2nnnc2N1. The van der Waals surface area contributed by atoms with Crippen LogP contribution < -0.4 is 5.32 Å². The minimum Gasteiger partial charge on any atom is -0.466 e. The molecule has 7 nitrogen and oxygen atoms in total. The minimum atomic E-state index is -0.394. The average molecular weight is 299 g/mol. The highest BCUT2D eigenvalue weighted by atomic mass is 16.5. The Morgan fingerprint density at radius 2 is 2.09 bits per heavy atom. The number of rotatable bonds is 3. The zero-order valence-electron chi connectivity index (χ0n) is 12.7. The summed E-state index contributed by atoms with van der Waals surface area (Å²) < 4.78 is 6.58. The Morgan fingerprint density at radius 3 is 2.73 bits per heavy atom. The molecule has 0 saturated heterocycles. The fourth-order valence-electron chi connectivity index (χ4n) is 2.62. The van der Waals surface area contributed by atoms with E-state index in [9.17, 15) is 4.79 Å². The second-order valence-electron chi connectivity index (χ2n) is 5.12. The van der Waals surface area contributed by atoms with E-state index in [0.717, 1.165) is 16.8 Å². The predicted molar refractivity (Wildman–Crippen MR) is 80.1 cm³/mol. The first-order chi connectivity index (χ1) is 10.7. The van der Waals surface area contributed by atoms with E-state index in [4.69, 9.17) is 4.74 Å². The van der Waals surface area contributed by atoms with Gasteiger partial charge < -0.3 is 10.1 Å². The number of methoxy groups -OCH3 is 1. The summed E-state index contributed by atoms with van der Waals surface area (Å²) in [7, 11) is 1.38. The Kier molecular flexibility index (Phi) is 3.62. The normalized spacial score (nSPS) is 17.0. The molecular weight excluding hydrogens is 282 g/mol. The van der Waals surface area contributed by atoms with Gasteiger partial charge in [-0.3, -0.25) is 0 Å². The van der Waals surface area contributed by atoms with E-state index in [-0.39, 0.29) is 5.97 Å². The first-order valence-corrected chi connectivity index (χ1v) is 7.08. The lowest BCUT2D eigenvalue weighted by molar-refractivity contribution is -0.136. The number of fused-ring (bicyclic) bond motifs is 1. The van der Waals surface area contributed by atoms with Crippen LogP contribution in [-0.2, 0) is 9.53 Å². The van der Waals surface area contributed by atoms with Crippen molar-refractivity contribution in [3.8, 4) is 0 Å². The lowest BCUT2D eigenvalue weighted by Crippen LogP contribution is -2.30. The van der Waals surface area contributed by atoms with Crippen molar-refractivity contribution in [3.63, 3.8) is 0 Å². The molecule has 0 unspecified atom stereocenters. The van der Waals surface area contributed by atoms with Gasteiger partial charge >= 0.3 is 5.97 Å². The van der Waals surface area contributed by atoms with Crippen LogP contribution in [0.25, 0.3) is 0 Å². The first-order valence-electron chi connectivity index (χ1n) is 7.08. The summed E-state index contributed by atoms with van der Waals surface area (Å²) in [5.74, 6) is 0.145. The molecule has 0 fully saturated rings. The molecule has 7 heteroatoms. The summed E-state index contributed by atoms with van der Waals surface area (Å²) >= 11 is 0. The number of anilines is 1. The van der Waals surface area contributed by atoms with Crippen molar-refractivity contribution in [3.05, 3.63) is 46.7 Å². The maximum atomic E-state index is 12.3. The Bertz CT molecular complexity index is 733. The van der Waals surface area contributed by atoms with Crippen molar-refractivity contribution < 1.29 is 9.53 Å². The number of nitrogens with zero attached hydrogens (tertiary/aromatic N) is 4. The van der Waals surface area contributed by atoms with Gasteiger partial charge in [-0.25, -0.2) is 4.79 Å². The van der Waals surface area contributed by atoms with E-state index < -0.39 is 6.04 Å². The molecule has 1 aliphatic rings. The number of esters is 1. The standard InChI is InChI=1S/C15H17N5O2/c1-4-11-12(14(21)22-3)13(10-7-5-9(2)6-8-10)20-15(16-11)17-18-19-20/h5-8,13H,4H2,1-3H3,(H,16,17,19)/t13-/m1/s1. The smallest absolute Gasteiger partial charge is 0.338 e. The van der Waals surface area contributed by atoms with Gasteiger partial charge in [0.2, 0.25) is 5.95 Å². The highest BCUT2D eigenvalue weighted by molar-refractivity contribution is 5.92. The number of carbonyl (C=O) groups excluding carboxylic acids is 1. The largest absolute Gasteiger partial charge is 0.466 e. The van der Waals surface area contributed by atoms with E-state index in [1.54, 1.807) is 4.68 Å². The molecule has 1 atom stereocenters. The van der Waals surface area contributed by atoms with Crippen molar-refractivity contribution in [2.45, 2.75) is 26.3 Å². The number of aromatic nitrogens is 4. The lowest BCUT2D eigenvalue weighted by atomic mass is 9.94. The van der Waals surface area contributed by atoms with Gasteiger partial charge in [0.15, 0.2) is 0 Å². The third-order valence-electron chi connectivity index (χ3n) is 3.75. The third-order valence-corrected chi connectivity index (χ3v) is 3.75. The number of tetrazole rings is 1. The van der Waals surface area contributed by atoms with Gasteiger partial charge in [-0.05, 0) is 29.3 Å². The predicted octanol–water partition coefficient (Wildman–Crippen LogP) is 1.83. The number of hydrogen-bond donors (Lipinski definition) is 1. The number of carbonyl (C=O) groups is 1. The van der Waals surface area contributed by atoms with Gasteiger partial charge in [0, 0.05) is 5.70 Å². The number of allylic oxidation sites excluding steroid dienone is 1. The first kappa shape index (κ1) is 14.2. The fraction of sp³-hybridized carbons (Fsp3) is 0.333. The van der Waals surface area contributed by atoms with Crippen LogP contribution in [-0.4, -0.2) is 33.3 Å². The van der Waals surface area contributed by atoms with Crippen LogP contribution in [0.4, 0.5) is 5.95 Å². The van der Waals surface area contributed by atoms with Gasteiger partial charge in [0.1, 0.15) is 6.04 Å². The Labute approximate surface area is 128 Å². The van der Waals surface area contributed by atoms with Crippen molar-refractivity contribution in [2.75, 3.05) is 12.4 Å². The van der Waals surface area contributed by atoms with Crippen LogP contribution in [0.5, 0.6) is 0 Å². The monoisotopic (exact) mass is 299 g/mol. The molecule has 1 aromatic carbocycles. The van der Waals surface area contributed by atoms with Gasteiger partial charge in [0.05, 0.1) is 12.7 Å². The quantitative estimate of drug-likeness (QED) is 0.871. The molecule has 0 amide bonds. The second-order valence-corrected chi connectivity index (χ2v) is 5.12. The third kappa shape index (κ3) is 2.24. The molecule has 2 heterocycles. The summed E-state index contributed by atoms with van der Waals surface area (Å²) in [4.78, 5) is 12.3. The molecule has 1 aromatic heterocycles. The van der Waals surface area contributed by atoms with Crippen molar-refractivity contribution >= 4 is 11.9 Å². The summed E-state index contributed by atoms with van der Waals surface area (Å²) in [6.07, 6.45) is 0.652. The maximum Gasteiger partial charge on any atom is 0.338 e. The molecule has 1 N–H and O–H groups in total. The number of nitrogens with one attached hydrogen (secondary N) is 1. The molecule has 0 aliphatic carbocycles. The second kappa shape index (κ2) is 5.59. The molecule has 0 radical (unpaired) electrons. The molecule has 3 rings (SSSR count). The summed E-state index contributed by atoms with van der Waals surface area (Å²) in [5.41, 5.74) is 3.40. The minimum absolute atomic E-state index is 0.379. The highest BCUT2D eigenvalue weighted by Crippen LogP contribution is 2.35. The zero-order valence-corrected chi connectivity index (χ0v) is 12.7. The molecule has 22 heavy (non-hydrogen) atoms. The summed E-state index contributed by atoms with van der Waals surface area (Å²) in [5, 5.41) is 14.8. The molecule has 2 aromatic rings. The molecule has 1 aliphatic heterocycles. The van der Waals surface area contributed by atoms with E-state index in [1.807, 2.05) is 38.1 Å². The zero-order chi connectivity index (χ0) is 15.7. The Hall–Kier alpha value is -2.70. The summed E-state index contributed by atoms with van der Waals surface area (Å²) in [6.45, 7) is 3.99. The van der Waals surface area contributed by atoms with Crippen LogP contribution in [0.3, 0.4) is 0 Å². The molecule has 0 saturated carbocycles. The van der Waals surface area contributed by atoms with Gasteiger partial charge in [-0.15, -0.1) is 0 Å². The van der Waals surface area contributed by atoms with Crippen LogP contribution in [0, 0.1) is 6.92 Å². The Morgan fingerprint density at radius 1 is 1.36 bits per heavy atom. The van der Waals surface area contributed by atoms with E-state index >= 15 is 0 Å². The van der Waals surface area contributed by atoms with Crippen LogP contribution in [0.15, 0.2) is 35.5 Å². The van der Waals surface area contributed by atoms with Crippen LogP contribution in [0.2, 0.25) is 0 Å². The van der Waals surface area contributed by atoms with E-state index in [1.165, 1.54) is 7.11 Å². The van der Waals surface area contributed by atoms with E-state index in [2.05, 4.69) is 20.8 Å². The van der Waals surface area contributed by atoms with Crippen molar-refractivity contribution in [2.24, 2.45) is 0 Å². The molecule has 0 bridgehead atoms. The Balaban J connectivity index is 2.19. The number of ether oxygens (including phenoxy) is 1. The van der Waals surface area contributed by atoms with Gasteiger partial charge in [0.25, 0.3) is 0 Å². The number of aryl methyl sites for hydroxylation is 1. The number of benzene rings is 1. The number of hydrogen-bond acceptors (Lipinski definition) is 6. The van der Waals surface area contributed by atoms with Gasteiger partial charge in [-0.2, -0.15) is 4.68 Å². The molecule has 114 valence electrons. The molecule has 0 spiro atoms. The van der Waals surface area contributed by atoms with Gasteiger partial charge in [-0.1, -0.05) is 41.9 Å². The topological polar surface area (TPSA) is 81.9 Å². The molecular formula is C15H17N5O2. The lowest BCUT2D eigenvalue weighted by Gasteiger charge is -2.28. The average Bonchev–Trinajstić information content (AvgIpc) is 3.01.